The van der Waals surface area contributed by atoms with Crippen molar-refractivity contribution in [1.82, 2.24) is 0 Å². The van der Waals surface area contributed by atoms with Gasteiger partial charge in [-0.3, -0.25) is 0 Å². The molecule has 0 N–H and O–H groups in total. The number of rotatable bonds is 1. The fourth-order valence-corrected chi connectivity index (χ4v) is 1.42. The predicted molar refractivity (Wildman–Crippen MR) is 41.9 cm³/mol. The predicted octanol–water partition coefficient (Wildman–Crippen LogP) is 1.12. The molecule has 0 amide bonds. The molecule has 0 heterocycles. The fraction of sp³-hybridized carbons (Fsp3) is 0. The van der Waals surface area contributed by atoms with Crippen molar-refractivity contribution in [3.8, 4) is 0 Å². The zero-order valence-corrected chi connectivity index (χ0v) is 7.95. The first-order valence-corrected chi connectivity index (χ1v) is 4.20. The second-order valence-electron chi connectivity index (χ2n) is 1.83. The monoisotopic (exact) mass is 223 g/mol. The van der Waals surface area contributed by atoms with Gasteiger partial charge in [0.2, 0.25) is 0 Å². The van der Waals surface area contributed by atoms with Gasteiger partial charge in [-0.1, -0.05) is 0 Å². The van der Waals surface area contributed by atoms with Crippen LogP contribution >= 0.6 is 0 Å². The van der Waals surface area contributed by atoms with E-state index in [1.165, 1.54) is 31.7 Å². The Morgan fingerprint density at radius 1 is 1.44 bits per heavy atom. The van der Waals surface area contributed by atoms with Crippen LogP contribution in [-0.4, -0.2) is 22.5 Å². The molecule has 0 nitrogen and oxygen atoms in total. The minimum absolute atomic E-state index is 1.21. The third-order valence-corrected chi connectivity index (χ3v) is 2.01. The summed E-state index contributed by atoms with van der Waals surface area (Å²) in [5, 5.41) is 0. The summed E-state index contributed by atoms with van der Waals surface area (Å²) >= 11 is 1.46. The van der Waals surface area contributed by atoms with Gasteiger partial charge in [-0.15, -0.1) is 0 Å². The first-order chi connectivity index (χ1) is 4.33. The molecule has 1 heteroatoms. The van der Waals surface area contributed by atoms with E-state index >= 15 is 0 Å². The van der Waals surface area contributed by atoms with Crippen LogP contribution in [0.15, 0.2) is 30.8 Å². The Hall–Kier alpha value is -0.241. The fourth-order valence-electron chi connectivity index (χ4n) is 0.666. The molecule has 43 valence electrons. The maximum absolute atomic E-state index is 3.68. The molecule has 0 aliphatic heterocycles. The summed E-state index contributed by atoms with van der Waals surface area (Å²) in [4.78, 5) is 0. The van der Waals surface area contributed by atoms with Crippen molar-refractivity contribution >= 4 is 32.2 Å². The van der Waals surface area contributed by atoms with E-state index in [0.29, 0.717) is 0 Å². The number of benzene rings is 1. The second kappa shape index (κ2) is 3.06. The SMILES string of the molecule is C=Cc1ccc[c]([Sn])c1. The Morgan fingerprint density at radius 3 is 2.67 bits per heavy atom. The van der Waals surface area contributed by atoms with Gasteiger partial charge < -0.3 is 0 Å². The molecule has 0 bridgehead atoms. The molecule has 0 spiro atoms. The van der Waals surface area contributed by atoms with Crippen LogP contribution in [0.3, 0.4) is 0 Å². The summed E-state index contributed by atoms with van der Waals surface area (Å²) in [5.41, 5.74) is 1.21. The standard InChI is InChI=1S/C8H7.Sn/c1-2-8-6-4-3-5-7-8;/h2-4,6-7H,1H2;. The molecule has 0 unspecified atom stereocenters. The van der Waals surface area contributed by atoms with Gasteiger partial charge in [-0.2, -0.15) is 0 Å². The van der Waals surface area contributed by atoms with Gasteiger partial charge in [0.25, 0.3) is 0 Å². The van der Waals surface area contributed by atoms with E-state index in [1.54, 1.807) is 0 Å². The van der Waals surface area contributed by atoms with Crippen LogP contribution in [0.1, 0.15) is 5.56 Å². The molecule has 9 heavy (non-hydrogen) atoms. The first-order valence-electron chi connectivity index (χ1n) is 2.77. The summed E-state index contributed by atoms with van der Waals surface area (Å²) < 4.78 is 1.37. The Balaban J connectivity index is 3.07. The van der Waals surface area contributed by atoms with Crippen LogP contribution in [0.2, 0.25) is 0 Å². The van der Waals surface area contributed by atoms with Crippen molar-refractivity contribution in [3.63, 3.8) is 0 Å². The number of hydrogen-bond donors (Lipinski definition) is 0. The van der Waals surface area contributed by atoms with E-state index in [1.807, 2.05) is 6.08 Å². The Bertz CT molecular complexity index is 216. The van der Waals surface area contributed by atoms with Gasteiger partial charge in [-0.05, 0) is 0 Å². The molecule has 1 aromatic rings. The van der Waals surface area contributed by atoms with Crippen LogP contribution in [0.4, 0.5) is 0 Å². The molecule has 3 radical (unpaired) electrons. The molecular formula is C8H7Sn. The quantitative estimate of drug-likeness (QED) is 0.624. The Morgan fingerprint density at radius 2 is 2.22 bits per heavy atom. The molecule has 0 aromatic heterocycles. The summed E-state index contributed by atoms with van der Waals surface area (Å²) in [6.07, 6.45) is 1.87. The summed E-state index contributed by atoms with van der Waals surface area (Å²) in [7, 11) is 0. The van der Waals surface area contributed by atoms with Crippen molar-refractivity contribution in [2.45, 2.75) is 0 Å². The molecular weight excluding hydrogens is 215 g/mol. The summed E-state index contributed by atoms with van der Waals surface area (Å²) in [6, 6.07) is 8.37. The third-order valence-electron chi connectivity index (χ3n) is 1.12. The van der Waals surface area contributed by atoms with Crippen molar-refractivity contribution in [2.75, 3.05) is 0 Å². The van der Waals surface area contributed by atoms with E-state index in [2.05, 4.69) is 30.8 Å². The van der Waals surface area contributed by atoms with E-state index < -0.39 is 0 Å². The third kappa shape index (κ3) is 1.86. The van der Waals surface area contributed by atoms with Gasteiger partial charge in [-0.25, -0.2) is 0 Å². The summed E-state index contributed by atoms with van der Waals surface area (Å²) in [6.45, 7) is 3.68. The van der Waals surface area contributed by atoms with Crippen LogP contribution < -0.4 is 3.58 Å². The number of hydrogen-bond acceptors (Lipinski definition) is 0. The van der Waals surface area contributed by atoms with Crippen molar-refractivity contribution in [2.24, 2.45) is 0 Å². The topological polar surface area (TPSA) is 0 Å². The normalized spacial score (nSPS) is 9.00. The van der Waals surface area contributed by atoms with E-state index in [0.717, 1.165) is 0 Å². The molecule has 1 aromatic carbocycles. The average molecular weight is 222 g/mol. The van der Waals surface area contributed by atoms with Crippen molar-refractivity contribution < 1.29 is 0 Å². The Labute approximate surface area is 68.7 Å². The molecule has 0 aliphatic rings. The molecule has 1 rings (SSSR count). The average Bonchev–Trinajstić information content (AvgIpc) is 1.88. The van der Waals surface area contributed by atoms with E-state index in [-0.39, 0.29) is 0 Å². The van der Waals surface area contributed by atoms with Crippen LogP contribution in [0.25, 0.3) is 6.08 Å². The first kappa shape index (κ1) is 6.87. The Kier molecular flexibility index (Phi) is 2.34. The van der Waals surface area contributed by atoms with Gasteiger partial charge in [0.05, 0.1) is 0 Å². The zero-order valence-electron chi connectivity index (χ0n) is 5.09. The second-order valence-corrected chi connectivity index (χ2v) is 3.48. The van der Waals surface area contributed by atoms with Gasteiger partial charge in [0.1, 0.15) is 0 Å². The molecule has 0 saturated heterocycles. The van der Waals surface area contributed by atoms with Crippen molar-refractivity contribution in [1.29, 1.82) is 0 Å². The van der Waals surface area contributed by atoms with Gasteiger partial charge in [0, 0.05) is 0 Å². The molecule has 0 fully saturated rings. The van der Waals surface area contributed by atoms with Crippen LogP contribution in [-0.2, 0) is 0 Å². The van der Waals surface area contributed by atoms with Gasteiger partial charge >= 0.3 is 68.6 Å². The van der Waals surface area contributed by atoms with Crippen LogP contribution in [0.5, 0.6) is 0 Å². The molecule has 0 aliphatic carbocycles. The molecule has 0 atom stereocenters. The van der Waals surface area contributed by atoms with Gasteiger partial charge in [0.15, 0.2) is 0 Å². The maximum atomic E-state index is 3.68. The van der Waals surface area contributed by atoms with Crippen molar-refractivity contribution in [3.05, 3.63) is 36.4 Å². The zero-order chi connectivity index (χ0) is 6.69. The minimum atomic E-state index is 1.21. The van der Waals surface area contributed by atoms with E-state index in [9.17, 15) is 0 Å². The molecule has 0 saturated carbocycles. The van der Waals surface area contributed by atoms with E-state index in [4.69, 9.17) is 0 Å². The van der Waals surface area contributed by atoms with Crippen LogP contribution in [0, 0.1) is 0 Å². The summed E-state index contributed by atoms with van der Waals surface area (Å²) in [5.74, 6) is 0.